The van der Waals surface area contributed by atoms with Crippen molar-refractivity contribution in [3.63, 3.8) is 0 Å². The van der Waals surface area contributed by atoms with Crippen LogP contribution in [0.25, 0.3) is 0 Å². The lowest BCUT2D eigenvalue weighted by Gasteiger charge is -2.14. The van der Waals surface area contributed by atoms with Crippen LogP contribution in [0.2, 0.25) is 0 Å². The van der Waals surface area contributed by atoms with Gasteiger partial charge in [0.1, 0.15) is 12.2 Å². The quantitative estimate of drug-likeness (QED) is 0.622. The highest BCUT2D eigenvalue weighted by Crippen LogP contribution is 2.05. The molecule has 0 saturated heterocycles. The summed E-state index contributed by atoms with van der Waals surface area (Å²) in [5.74, 6) is 0. The number of carbonyl (C=O) groups excluding carboxylic acids is 1. The van der Waals surface area contributed by atoms with Crippen LogP contribution in [0.5, 0.6) is 0 Å². The zero-order chi connectivity index (χ0) is 10.3. The van der Waals surface area contributed by atoms with Gasteiger partial charge in [-0.15, -0.1) is 0 Å². The highest BCUT2D eigenvalue weighted by atomic mass is 16.7. The molecule has 78 valence electrons. The molecule has 0 aromatic carbocycles. The van der Waals surface area contributed by atoms with Crippen LogP contribution in [0.3, 0.4) is 0 Å². The fraction of sp³-hybridized carbons (Fsp3) is 0.900. The molecular weight excluding hydrogens is 168 g/mol. The maximum absolute atomic E-state index is 11.1. The molecule has 0 unspecified atom stereocenters. The van der Waals surface area contributed by atoms with Crippen LogP contribution in [-0.4, -0.2) is 18.4 Å². The molecular formula is C10H20O3. The summed E-state index contributed by atoms with van der Waals surface area (Å²) in [6.45, 7) is 7.75. The smallest absolute Gasteiger partial charge is 0.431 e. The summed E-state index contributed by atoms with van der Waals surface area (Å²) in [5.41, 5.74) is 0. The second-order valence-corrected chi connectivity index (χ2v) is 3.30. The first-order chi connectivity index (χ1) is 6.10. The third-order valence-corrected chi connectivity index (χ3v) is 1.86. The summed E-state index contributed by atoms with van der Waals surface area (Å²) in [6, 6.07) is 0. The summed E-state index contributed by atoms with van der Waals surface area (Å²) in [6.07, 6.45) is 2.07. The van der Waals surface area contributed by atoms with Crippen LogP contribution in [0.1, 0.15) is 47.0 Å². The Kier molecular flexibility index (Phi) is 6.37. The lowest BCUT2D eigenvalue weighted by Crippen LogP contribution is -2.20. The minimum atomic E-state index is -0.546. The van der Waals surface area contributed by atoms with E-state index in [-0.39, 0.29) is 12.2 Å². The number of hydrogen-bond acceptors (Lipinski definition) is 3. The first-order valence-corrected chi connectivity index (χ1v) is 4.97. The molecule has 0 bridgehead atoms. The fourth-order valence-electron chi connectivity index (χ4n) is 0.905. The molecule has 0 aliphatic carbocycles. The average molecular weight is 188 g/mol. The van der Waals surface area contributed by atoms with Crippen LogP contribution in [0.15, 0.2) is 0 Å². The molecule has 0 aromatic rings. The number of carbonyl (C=O) groups is 1. The lowest BCUT2D eigenvalue weighted by atomic mass is 10.2. The van der Waals surface area contributed by atoms with Crippen LogP contribution < -0.4 is 0 Å². The van der Waals surface area contributed by atoms with Crippen molar-refractivity contribution in [1.82, 2.24) is 0 Å². The van der Waals surface area contributed by atoms with Crippen LogP contribution in [0.4, 0.5) is 4.79 Å². The van der Waals surface area contributed by atoms with Gasteiger partial charge in [-0.2, -0.15) is 0 Å². The second kappa shape index (κ2) is 6.75. The number of rotatable bonds is 5. The molecule has 0 aromatic heterocycles. The summed E-state index contributed by atoms with van der Waals surface area (Å²) in [5, 5.41) is 0. The Bertz CT molecular complexity index is 145. The average Bonchev–Trinajstić information content (AvgIpc) is 2.04. The molecule has 0 N–H and O–H groups in total. The normalized spacial score (nSPS) is 14.8. The van der Waals surface area contributed by atoms with Gasteiger partial charge in [0.2, 0.25) is 0 Å². The molecule has 0 spiro atoms. The van der Waals surface area contributed by atoms with Gasteiger partial charge in [-0.3, -0.25) is 0 Å². The Morgan fingerprint density at radius 3 is 2.15 bits per heavy atom. The minimum absolute atomic E-state index is 0.0402. The Morgan fingerprint density at radius 1 is 1.15 bits per heavy atom. The fourth-order valence-corrected chi connectivity index (χ4v) is 0.905. The molecule has 0 heterocycles. The summed E-state index contributed by atoms with van der Waals surface area (Å²) in [4.78, 5) is 11.1. The van der Waals surface area contributed by atoms with Crippen molar-refractivity contribution >= 4 is 6.16 Å². The van der Waals surface area contributed by atoms with Gasteiger partial charge < -0.3 is 9.47 Å². The van der Waals surface area contributed by atoms with Gasteiger partial charge in [-0.1, -0.05) is 20.3 Å². The highest BCUT2D eigenvalue weighted by Gasteiger charge is 2.12. The van der Waals surface area contributed by atoms with Crippen molar-refractivity contribution in [2.75, 3.05) is 0 Å². The zero-order valence-electron chi connectivity index (χ0n) is 9.00. The van der Waals surface area contributed by atoms with Gasteiger partial charge in [0.05, 0.1) is 0 Å². The summed E-state index contributed by atoms with van der Waals surface area (Å²) in [7, 11) is 0. The van der Waals surface area contributed by atoms with Gasteiger partial charge in [0, 0.05) is 0 Å². The van der Waals surface area contributed by atoms with E-state index in [0.29, 0.717) is 0 Å². The summed E-state index contributed by atoms with van der Waals surface area (Å²) < 4.78 is 9.96. The van der Waals surface area contributed by atoms with Crippen molar-refractivity contribution < 1.29 is 14.3 Å². The van der Waals surface area contributed by atoms with Crippen molar-refractivity contribution in [2.45, 2.75) is 59.2 Å². The van der Waals surface area contributed by atoms with Gasteiger partial charge in [0.25, 0.3) is 0 Å². The minimum Gasteiger partial charge on any atom is -0.431 e. The summed E-state index contributed by atoms with van der Waals surface area (Å²) >= 11 is 0. The second-order valence-electron chi connectivity index (χ2n) is 3.30. The molecule has 3 nitrogen and oxygen atoms in total. The molecule has 0 aliphatic heterocycles. The number of hydrogen-bond donors (Lipinski definition) is 0. The van der Waals surface area contributed by atoms with Gasteiger partial charge >= 0.3 is 6.16 Å². The van der Waals surface area contributed by atoms with E-state index < -0.39 is 6.16 Å². The third kappa shape index (κ3) is 6.43. The molecule has 0 saturated carbocycles. The SMILES string of the molecule is CCC[C@H](C)OC(=O)O[C@@H](C)CC. The van der Waals surface area contributed by atoms with Gasteiger partial charge in [-0.05, 0) is 26.7 Å². The predicted octanol–water partition coefficient (Wildman–Crippen LogP) is 3.13. The molecule has 13 heavy (non-hydrogen) atoms. The number of ether oxygens (including phenoxy) is 2. The topological polar surface area (TPSA) is 35.5 Å². The van der Waals surface area contributed by atoms with Crippen molar-refractivity contribution in [1.29, 1.82) is 0 Å². The molecule has 3 heteroatoms. The Labute approximate surface area is 80.4 Å². The van der Waals surface area contributed by atoms with Crippen molar-refractivity contribution in [3.05, 3.63) is 0 Å². The third-order valence-electron chi connectivity index (χ3n) is 1.86. The van der Waals surface area contributed by atoms with E-state index in [1.165, 1.54) is 0 Å². The Hall–Kier alpha value is -0.730. The van der Waals surface area contributed by atoms with E-state index in [2.05, 4.69) is 6.92 Å². The predicted molar refractivity (Wildman–Crippen MR) is 51.7 cm³/mol. The maximum Gasteiger partial charge on any atom is 0.508 e. The van der Waals surface area contributed by atoms with E-state index in [9.17, 15) is 4.79 Å². The highest BCUT2D eigenvalue weighted by molar-refractivity contribution is 5.60. The largest absolute Gasteiger partial charge is 0.508 e. The molecule has 2 atom stereocenters. The van der Waals surface area contributed by atoms with E-state index in [1.54, 1.807) is 0 Å². The molecule has 0 aliphatic rings. The first kappa shape index (κ1) is 12.3. The standard InChI is InChI=1S/C10H20O3/c1-5-7-9(4)13-10(11)12-8(3)6-2/h8-9H,5-7H2,1-4H3/t8-,9-/m0/s1. The molecule has 0 radical (unpaired) electrons. The lowest BCUT2D eigenvalue weighted by molar-refractivity contribution is 0.00474. The van der Waals surface area contributed by atoms with Crippen molar-refractivity contribution in [3.8, 4) is 0 Å². The maximum atomic E-state index is 11.1. The Morgan fingerprint density at radius 2 is 1.69 bits per heavy atom. The monoisotopic (exact) mass is 188 g/mol. The van der Waals surface area contributed by atoms with E-state index >= 15 is 0 Å². The molecule has 0 amide bonds. The van der Waals surface area contributed by atoms with Crippen LogP contribution in [-0.2, 0) is 9.47 Å². The molecule has 0 rings (SSSR count). The van der Waals surface area contributed by atoms with Gasteiger partial charge in [-0.25, -0.2) is 4.79 Å². The van der Waals surface area contributed by atoms with Gasteiger partial charge in [0.15, 0.2) is 0 Å². The van der Waals surface area contributed by atoms with Crippen molar-refractivity contribution in [2.24, 2.45) is 0 Å². The van der Waals surface area contributed by atoms with Crippen LogP contribution >= 0.6 is 0 Å². The first-order valence-electron chi connectivity index (χ1n) is 4.97. The molecule has 0 fully saturated rings. The van der Waals surface area contributed by atoms with E-state index in [1.807, 2.05) is 20.8 Å². The van der Waals surface area contributed by atoms with Crippen LogP contribution in [0, 0.1) is 0 Å². The van der Waals surface area contributed by atoms with E-state index in [4.69, 9.17) is 9.47 Å². The Balaban J connectivity index is 3.61. The zero-order valence-corrected chi connectivity index (χ0v) is 9.00. The van der Waals surface area contributed by atoms with E-state index in [0.717, 1.165) is 19.3 Å².